The van der Waals surface area contributed by atoms with Crippen LogP contribution in [0.15, 0.2) is 42.5 Å². The molecule has 2 saturated heterocycles. The van der Waals surface area contributed by atoms with Gasteiger partial charge in [-0.1, -0.05) is 24.3 Å². The molecule has 146 valence electrons. The summed E-state index contributed by atoms with van der Waals surface area (Å²) < 4.78 is 19.0. The number of aryl methyl sites for hydroxylation is 1. The Bertz CT molecular complexity index is 912. The number of rotatable bonds is 4. The molecule has 1 atom stereocenters. The van der Waals surface area contributed by atoms with Crippen molar-refractivity contribution < 1.29 is 18.7 Å². The van der Waals surface area contributed by atoms with Crippen molar-refractivity contribution in [3.8, 4) is 0 Å². The van der Waals surface area contributed by atoms with Crippen molar-refractivity contribution in [3.05, 3.63) is 65.0 Å². The highest BCUT2D eigenvalue weighted by Crippen LogP contribution is 2.44. The van der Waals surface area contributed by atoms with Crippen molar-refractivity contribution in [1.82, 2.24) is 4.90 Å². The second-order valence-electron chi connectivity index (χ2n) is 7.20. The highest BCUT2D eigenvalue weighted by molar-refractivity contribution is 8.00. The van der Waals surface area contributed by atoms with Gasteiger partial charge in [0.1, 0.15) is 17.3 Å². The molecular weight excluding hydrogens is 379 g/mol. The van der Waals surface area contributed by atoms with Crippen molar-refractivity contribution in [2.24, 2.45) is 0 Å². The van der Waals surface area contributed by atoms with Crippen LogP contribution in [0.4, 0.5) is 10.1 Å². The first kappa shape index (κ1) is 19.0. The van der Waals surface area contributed by atoms with E-state index in [2.05, 4.69) is 4.90 Å². The number of anilines is 1. The first-order chi connectivity index (χ1) is 13.4. The van der Waals surface area contributed by atoms with Crippen LogP contribution in [0, 0.1) is 12.7 Å². The van der Waals surface area contributed by atoms with Crippen molar-refractivity contribution >= 4 is 29.3 Å². The third-order valence-corrected chi connectivity index (χ3v) is 6.24. The monoisotopic (exact) mass is 400 g/mol. The van der Waals surface area contributed by atoms with Crippen LogP contribution in [0.1, 0.15) is 26.9 Å². The van der Waals surface area contributed by atoms with Gasteiger partial charge in [0.2, 0.25) is 5.91 Å². The van der Waals surface area contributed by atoms with E-state index in [0.717, 1.165) is 11.1 Å². The molecule has 0 radical (unpaired) electrons. The molecule has 7 heteroatoms. The molecule has 28 heavy (non-hydrogen) atoms. The minimum atomic E-state index is -0.417. The van der Waals surface area contributed by atoms with Gasteiger partial charge in [0.25, 0.3) is 0 Å². The van der Waals surface area contributed by atoms with E-state index in [-0.39, 0.29) is 23.2 Å². The van der Waals surface area contributed by atoms with Gasteiger partial charge in [-0.3, -0.25) is 14.6 Å². The quantitative estimate of drug-likeness (QED) is 0.737. The molecule has 4 rings (SSSR count). The maximum atomic E-state index is 13.3. The molecule has 5 nitrogen and oxygen atoms in total. The number of hydrogen-bond donors (Lipinski definition) is 0. The molecule has 2 aromatic rings. The summed E-state index contributed by atoms with van der Waals surface area (Å²) in [6.45, 7) is 3.30. The molecule has 2 fully saturated rings. The van der Waals surface area contributed by atoms with Crippen LogP contribution >= 0.6 is 11.8 Å². The first-order valence-corrected chi connectivity index (χ1v) is 10.2. The van der Waals surface area contributed by atoms with E-state index < -0.39 is 5.97 Å². The van der Waals surface area contributed by atoms with Crippen LogP contribution in [-0.4, -0.2) is 48.8 Å². The number of halogens is 1. The summed E-state index contributed by atoms with van der Waals surface area (Å²) in [4.78, 5) is 29.3. The van der Waals surface area contributed by atoms with Crippen molar-refractivity contribution in [2.45, 2.75) is 18.4 Å². The Morgan fingerprint density at radius 1 is 1.18 bits per heavy atom. The van der Waals surface area contributed by atoms with E-state index in [4.69, 9.17) is 4.74 Å². The Morgan fingerprint density at radius 3 is 2.57 bits per heavy atom. The zero-order chi connectivity index (χ0) is 19.8. The van der Waals surface area contributed by atoms with Gasteiger partial charge < -0.3 is 4.74 Å². The summed E-state index contributed by atoms with van der Waals surface area (Å²) in [7, 11) is 1.97. The molecule has 2 heterocycles. The molecule has 2 aromatic carbocycles. The third kappa shape index (κ3) is 3.52. The van der Waals surface area contributed by atoms with Crippen LogP contribution in [-0.2, 0) is 9.53 Å². The minimum Gasteiger partial charge on any atom is -0.456 e. The number of esters is 1. The topological polar surface area (TPSA) is 49.9 Å². The number of carbonyl (C=O) groups excluding carboxylic acids is 2. The summed E-state index contributed by atoms with van der Waals surface area (Å²) in [5.41, 5.74) is 2.60. The van der Waals surface area contributed by atoms with Gasteiger partial charge in [0.05, 0.1) is 17.0 Å². The van der Waals surface area contributed by atoms with Gasteiger partial charge in [-0.15, -0.1) is 11.8 Å². The molecule has 1 unspecified atom stereocenters. The number of para-hydroxylation sites is 1. The minimum absolute atomic E-state index is 0.0777. The zero-order valence-electron chi connectivity index (χ0n) is 15.7. The van der Waals surface area contributed by atoms with Crippen LogP contribution in [0.3, 0.4) is 0 Å². The fourth-order valence-corrected chi connectivity index (χ4v) is 4.78. The van der Waals surface area contributed by atoms with Gasteiger partial charge in [0.15, 0.2) is 0 Å². The number of benzene rings is 2. The SMILES string of the molecule is Cc1cccc(C(=O)OC2CN(C)C2)c1N1C(=O)CSC1c1ccc(F)cc1. The molecule has 0 N–H and O–H groups in total. The van der Waals surface area contributed by atoms with E-state index >= 15 is 0 Å². The summed E-state index contributed by atoms with van der Waals surface area (Å²) in [6.07, 6.45) is -0.123. The lowest BCUT2D eigenvalue weighted by Crippen LogP contribution is -2.50. The average molecular weight is 400 g/mol. The van der Waals surface area contributed by atoms with E-state index in [0.29, 0.717) is 30.1 Å². The van der Waals surface area contributed by atoms with Crippen LogP contribution in [0.5, 0.6) is 0 Å². The number of ether oxygens (including phenoxy) is 1. The predicted octanol–water partition coefficient (Wildman–Crippen LogP) is 3.38. The maximum Gasteiger partial charge on any atom is 0.340 e. The summed E-state index contributed by atoms with van der Waals surface area (Å²) in [5.74, 6) is -0.515. The van der Waals surface area contributed by atoms with Gasteiger partial charge in [-0.25, -0.2) is 9.18 Å². The van der Waals surface area contributed by atoms with E-state index in [1.54, 1.807) is 29.2 Å². The standard InChI is InChI=1S/C21H21FN2O3S/c1-13-4-3-5-17(21(26)27-16-10-23(2)11-16)19(13)24-18(25)12-28-20(24)14-6-8-15(22)9-7-14/h3-9,16,20H,10-12H2,1-2H3. The molecule has 2 aliphatic heterocycles. The predicted molar refractivity (Wildman–Crippen MR) is 107 cm³/mol. The molecule has 0 saturated carbocycles. The summed E-state index contributed by atoms with van der Waals surface area (Å²) >= 11 is 1.47. The molecule has 2 aliphatic rings. The highest BCUT2D eigenvalue weighted by atomic mass is 32.2. The lowest BCUT2D eigenvalue weighted by atomic mass is 10.0. The Labute approximate surface area is 167 Å². The Balaban J connectivity index is 1.69. The first-order valence-electron chi connectivity index (χ1n) is 9.12. The summed E-state index contributed by atoms with van der Waals surface area (Å²) in [5, 5.41) is -0.310. The fourth-order valence-electron chi connectivity index (χ4n) is 3.61. The van der Waals surface area contributed by atoms with Crippen LogP contribution in [0.2, 0.25) is 0 Å². The van der Waals surface area contributed by atoms with Crippen LogP contribution in [0.25, 0.3) is 0 Å². The molecule has 0 bridgehead atoms. The van der Waals surface area contributed by atoms with E-state index in [1.807, 2.05) is 20.0 Å². The average Bonchev–Trinajstić information content (AvgIpc) is 3.02. The second kappa shape index (κ2) is 7.56. The van der Waals surface area contributed by atoms with Crippen LogP contribution < -0.4 is 4.90 Å². The lowest BCUT2D eigenvalue weighted by molar-refractivity contribution is -0.115. The number of nitrogens with zero attached hydrogens (tertiary/aromatic N) is 2. The highest BCUT2D eigenvalue weighted by Gasteiger charge is 2.38. The Morgan fingerprint density at radius 2 is 1.89 bits per heavy atom. The molecule has 0 aromatic heterocycles. The smallest absolute Gasteiger partial charge is 0.340 e. The van der Waals surface area contributed by atoms with E-state index in [9.17, 15) is 14.0 Å². The summed E-state index contributed by atoms with van der Waals surface area (Å²) in [6, 6.07) is 11.5. The molecular formula is C21H21FN2O3S. The number of carbonyl (C=O) groups is 2. The van der Waals surface area contributed by atoms with Crippen molar-refractivity contribution in [2.75, 3.05) is 30.8 Å². The van der Waals surface area contributed by atoms with Gasteiger partial charge in [-0.2, -0.15) is 0 Å². The number of hydrogen-bond acceptors (Lipinski definition) is 5. The van der Waals surface area contributed by atoms with Gasteiger partial charge in [0, 0.05) is 13.1 Å². The van der Waals surface area contributed by atoms with Crippen molar-refractivity contribution in [3.63, 3.8) is 0 Å². The molecule has 0 spiro atoms. The fraction of sp³-hybridized carbons (Fsp3) is 0.333. The number of likely N-dealkylation sites (tertiary alicyclic amines) is 1. The largest absolute Gasteiger partial charge is 0.456 e. The van der Waals surface area contributed by atoms with Gasteiger partial charge >= 0.3 is 5.97 Å². The maximum absolute atomic E-state index is 13.3. The Hall–Kier alpha value is -2.38. The lowest BCUT2D eigenvalue weighted by Gasteiger charge is -2.35. The number of thioether (sulfide) groups is 1. The number of amides is 1. The van der Waals surface area contributed by atoms with Gasteiger partial charge in [-0.05, 0) is 43.3 Å². The third-order valence-electron chi connectivity index (χ3n) is 5.03. The second-order valence-corrected chi connectivity index (χ2v) is 8.27. The molecule has 0 aliphatic carbocycles. The van der Waals surface area contributed by atoms with Crippen molar-refractivity contribution in [1.29, 1.82) is 0 Å². The Kier molecular flexibility index (Phi) is 5.12. The number of likely N-dealkylation sites (N-methyl/N-ethyl adjacent to an activating group) is 1. The normalized spacial score (nSPS) is 20.3. The molecule has 1 amide bonds. The van der Waals surface area contributed by atoms with E-state index in [1.165, 1.54) is 23.9 Å². The zero-order valence-corrected chi connectivity index (χ0v) is 16.5.